The van der Waals surface area contributed by atoms with Crippen molar-refractivity contribution in [1.82, 2.24) is 0 Å². The second-order valence-corrected chi connectivity index (χ2v) is 6.06. The molecule has 0 atom stereocenters. The van der Waals surface area contributed by atoms with Gasteiger partial charge in [-0.15, -0.1) is 139 Å². The van der Waals surface area contributed by atoms with Gasteiger partial charge in [-0.3, -0.25) is 0 Å². The van der Waals surface area contributed by atoms with E-state index in [1.54, 1.807) is 145 Å². The summed E-state index contributed by atoms with van der Waals surface area (Å²) in [5.41, 5.74) is 0. The molecule has 485 valence electrons. The number of hydrogen-bond acceptors (Lipinski definition) is 21. The van der Waals surface area contributed by atoms with E-state index in [1.807, 2.05) is 0 Å². The third kappa shape index (κ3) is 16500. The van der Waals surface area contributed by atoms with Crippen molar-refractivity contribution in [3.63, 3.8) is 0 Å². The normalized spacial score (nSPS) is 4.78. The molecular weight excluding hydrogens is 1500 g/mol. The maximum Gasteiger partial charge on any atom is 4.00 e. The molecule has 0 aliphatic heterocycles. The molecule has 0 spiro atoms. The van der Waals surface area contributed by atoms with Crippen molar-refractivity contribution in [2.24, 2.45) is 0 Å². The van der Waals surface area contributed by atoms with Gasteiger partial charge in [-0.2, -0.15) is 0 Å². The number of rotatable bonds is 0. The molecule has 0 bridgehead atoms. The van der Waals surface area contributed by atoms with Gasteiger partial charge in [-0.1, -0.05) is 145 Å². The van der Waals surface area contributed by atoms with Gasteiger partial charge in [-0.25, -0.2) is 0 Å². The summed E-state index contributed by atoms with van der Waals surface area (Å²) >= 11 is 0. The van der Waals surface area contributed by atoms with Gasteiger partial charge in [0.1, 0.15) is 0 Å². The first-order valence-corrected chi connectivity index (χ1v) is 20.9. The molecule has 0 N–H and O–H groups in total. The van der Waals surface area contributed by atoms with Gasteiger partial charge < -0.3 is 146 Å². The second kappa shape index (κ2) is 799. The first-order valence-electron chi connectivity index (χ1n) is 20.9. The van der Waals surface area contributed by atoms with Crippen LogP contribution >= 0.6 is 0 Å². The van der Waals surface area contributed by atoms with Gasteiger partial charge in [-0.05, 0) is 0 Å². The maximum absolute atomic E-state index is 8.93. The van der Waals surface area contributed by atoms with E-state index in [2.05, 4.69) is 0 Å². The van der Waals surface area contributed by atoms with E-state index in [4.69, 9.17) is 107 Å². The van der Waals surface area contributed by atoms with E-state index < -0.39 is 0 Å². The third-order valence-electron chi connectivity index (χ3n) is 0. The Hall–Kier alpha value is 5.84. The summed E-state index contributed by atoms with van der Waals surface area (Å²) in [6, 6.07) is 0. The molecule has 0 aliphatic carbocycles. The Morgan fingerprint density at radius 2 is 0.114 bits per heavy atom. The molecule has 79 heavy (non-hydrogen) atoms. The summed E-state index contributed by atoms with van der Waals surface area (Å²) in [4.78, 5) is 0. The molecule has 0 aliphatic rings. The van der Waals surface area contributed by atoms with Crippen LogP contribution in [-0.2, 0) is 212 Å². The van der Waals surface area contributed by atoms with Crippen LogP contribution in [0.5, 0.6) is 0 Å². The fourth-order valence-electron chi connectivity index (χ4n) is 0. The Morgan fingerprint density at radius 1 is 0.114 bits per heavy atom. The molecule has 0 rings (SSSR count). The van der Waals surface area contributed by atoms with Crippen molar-refractivity contribution in [3.05, 3.63) is 0 Å². The molecule has 0 heterocycles. The van der Waals surface area contributed by atoms with Crippen LogP contribution in [-0.4, -0.2) is 139 Å². The summed E-state index contributed by atoms with van der Waals surface area (Å²) in [6.07, 6.45) is 0. The Morgan fingerprint density at radius 3 is 0.114 bits per heavy atom. The molecule has 0 amide bonds. The van der Waals surface area contributed by atoms with Crippen LogP contribution in [0.15, 0.2) is 0 Å². The minimum Gasteiger partial charge on any atom is -2.00 e. The fourth-order valence-corrected chi connectivity index (χ4v) is 0. The van der Waals surface area contributed by atoms with E-state index in [0.717, 1.165) is 0 Å². The Bertz CT molecular complexity index is 205. The van der Waals surface area contributed by atoms with Crippen molar-refractivity contribution in [2.75, 3.05) is 139 Å². The van der Waals surface area contributed by atoms with Gasteiger partial charge in [0.15, 0.2) is 0 Å². The van der Waals surface area contributed by atoms with Crippen molar-refractivity contribution in [3.8, 4) is 0 Å². The van der Waals surface area contributed by atoms with Gasteiger partial charge in [0, 0.05) is 0 Å². The summed E-state index contributed by atoms with van der Waals surface area (Å²) in [6.45, 7) is 33.0. The molecule has 28 nitrogen and oxygen atoms in total. The van der Waals surface area contributed by atoms with E-state index in [9.17, 15) is 0 Å². The van der Waals surface area contributed by atoms with E-state index in [-0.39, 0.29) is 388 Å². The first-order chi connectivity index (χ1) is 29.7. The monoisotopic (exact) mass is 1610 g/mol. The smallest absolute Gasteiger partial charge is 2.00 e. The van der Waals surface area contributed by atoms with Gasteiger partial charge in [0.2, 0.25) is 0 Å². The summed E-state index contributed by atoms with van der Waals surface area (Å²) in [5.74, 6) is 0. The molecule has 0 saturated carbocycles. The fraction of sp³-hybridized carbons (Fsp3) is 1.00. The van der Waals surface area contributed by atoms with Crippen LogP contribution in [0, 0.1) is 37.3 Å². The molecule has 0 aromatic rings. The van der Waals surface area contributed by atoms with E-state index >= 15 is 0 Å². The molecule has 1 radical (unpaired) electrons. The van der Waals surface area contributed by atoms with Crippen LogP contribution in [0.2, 0.25) is 0 Å². The topological polar surface area (TPSA) is 684 Å². The first kappa shape index (κ1) is 261. The largest absolute Gasteiger partial charge is 4.00 e. The predicted octanol–water partition coefficient (Wildman–Crippen LogP) is -14.2. The molecule has 0 aromatic heterocycles. The zero-order valence-corrected chi connectivity index (χ0v) is 65.9. The predicted molar refractivity (Wildman–Crippen MR) is 226 cm³/mol. The van der Waals surface area contributed by atoms with Crippen LogP contribution in [0.3, 0.4) is 0 Å². The van der Waals surface area contributed by atoms with Gasteiger partial charge >= 0.3 is 211 Å². The summed E-state index contributed by atoms with van der Waals surface area (Å²) in [7, 11) is 0. The van der Waals surface area contributed by atoms with E-state index in [0.29, 0.717) is 0 Å². The van der Waals surface area contributed by atoms with Crippen LogP contribution in [0.25, 0.3) is 0 Å². The minimum atomic E-state index is 0. The molecule has 0 unspecified atom stereocenters. The third-order valence-corrected chi connectivity index (χ3v) is 0. The van der Waals surface area contributed by atoms with Gasteiger partial charge in [0.05, 0.1) is 0 Å². The second-order valence-electron chi connectivity index (χ2n) is 6.06. The Labute approximate surface area is 633 Å². The molecular formula is C42H105ErO28Ti8. The standard InChI is InChI=1S/21C2H5O.Er.7O.8Ti/c21*1-2-3;;;;;;;;;;;;;;;;/h21*2H2,1H3;;;;;;;;;;;;;;;;/q21*-1;+3;7*-2;8*+4. The van der Waals surface area contributed by atoms with Crippen molar-refractivity contribution < 1.29 is 357 Å². The SMILES string of the molecule is CC[O-].CC[O-].CC[O-].CC[O-].CC[O-].CC[O-].CC[O-].CC[O-].CC[O-].CC[O-].CC[O-].CC[O-].CC[O-].CC[O-].CC[O-].CC[O-].CC[O-].CC[O-].CC[O-].CC[O-].CC[O-].[Er+3].[O-2].[O-2].[O-2].[O-2].[O-2].[O-2].[O-2].[Ti+4].[Ti+4].[Ti+4].[Ti+4].[Ti+4].[Ti+4].[Ti+4].[Ti+4]. The average Bonchev–Trinajstić information content (AvgIpc) is 3.15. The summed E-state index contributed by atoms with van der Waals surface area (Å²) in [5, 5.41) is 188. The van der Waals surface area contributed by atoms with Gasteiger partial charge in [0.25, 0.3) is 0 Å². The molecule has 37 heteroatoms. The van der Waals surface area contributed by atoms with Crippen LogP contribution in [0.4, 0.5) is 0 Å². The Balaban J connectivity index is -0.00000000663. The molecule has 0 aromatic carbocycles. The Kier molecular flexibility index (Phi) is 2630. The van der Waals surface area contributed by atoms with Crippen molar-refractivity contribution in [2.45, 2.75) is 145 Å². The quantitative estimate of drug-likeness (QED) is 0.203. The van der Waals surface area contributed by atoms with Crippen LogP contribution < -0.4 is 107 Å². The van der Waals surface area contributed by atoms with Crippen LogP contribution in [0.1, 0.15) is 145 Å². The zero-order valence-electron chi connectivity index (χ0n) is 51.6. The van der Waals surface area contributed by atoms with Crippen molar-refractivity contribution >= 4 is 0 Å². The zero-order chi connectivity index (χ0) is 56.8. The maximum atomic E-state index is 8.93. The minimum absolute atomic E-state index is 0. The van der Waals surface area contributed by atoms with Crippen molar-refractivity contribution in [1.29, 1.82) is 0 Å². The summed E-state index contributed by atoms with van der Waals surface area (Å²) < 4.78 is 0. The number of hydrogen-bond donors (Lipinski definition) is 0. The average molecular weight is 1610 g/mol. The molecule has 0 fully saturated rings. The van der Waals surface area contributed by atoms with E-state index in [1.165, 1.54) is 0 Å². The molecule has 0 saturated heterocycles.